The molecule has 0 saturated heterocycles. The van der Waals surface area contributed by atoms with Crippen LogP contribution < -0.4 is 15.4 Å². The van der Waals surface area contributed by atoms with Gasteiger partial charge >= 0.3 is 0 Å². The molecule has 1 heterocycles. The van der Waals surface area contributed by atoms with Gasteiger partial charge < -0.3 is 15.4 Å². The Balaban J connectivity index is 1.61. The lowest BCUT2D eigenvalue weighted by molar-refractivity contribution is -0.115. The summed E-state index contributed by atoms with van der Waals surface area (Å²) in [7, 11) is 1.59. The topological polar surface area (TPSA) is 63.2 Å². The summed E-state index contributed by atoms with van der Waals surface area (Å²) in [6, 6.07) is 14.9. The third-order valence-electron chi connectivity index (χ3n) is 3.74. The van der Waals surface area contributed by atoms with Crippen LogP contribution in [0.1, 0.15) is 6.42 Å². The van der Waals surface area contributed by atoms with Gasteiger partial charge in [-0.2, -0.15) is 0 Å². The normalized spacial score (nSPS) is 10.5. The zero-order valence-corrected chi connectivity index (χ0v) is 14.5. The van der Waals surface area contributed by atoms with Crippen LogP contribution in [0.3, 0.4) is 0 Å². The summed E-state index contributed by atoms with van der Waals surface area (Å²) in [5.41, 5.74) is 2.25. The quantitative estimate of drug-likeness (QED) is 0.690. The summed E-state index contributed by atoms with van der Waals surface area (Å²) < 4.78 is 5.27. The van der Waals surface area contributed by atoms with E-state index in [-0.39, 0.29) is 5.91 Å². The zero-order valence-electron chi connectivity index (χ0n) is 13.8. The molecule has 2 N–H and O–H groups in total. The van der Waals surface area contributed by atoms with Gasteiger partial charge in [0.05, 0.1) is 24.0 Å². The van der Waals surface area contributed by atoms with Crippen LogP contribution in [-0.4, -0.2) is 24.5 Å². The van der Waals surface area contributed by atoms with Crippen molar-refractivity contribution in [2.45, 2.75) is 6.42 Å². The van der Waals surface area contributed by atoms with Gasteiger partial charge in [0.25, 0.3) is 0 Å². The first kappa shape index (κ1) is 17.0. The molecule has 5 nitrogen and oxygen atoms in total. The van der Waals surface area contributed by atoms with Gasteiger partial charge in [0.2, 0.25) is 5.91 Å². The molecule has 0 aliphatic rings. The molecule has 0 aliphatic carbocycles. The van der Waals surface area contributed by atoms with Crippen molar-refractivity contribution in [1.29, 1.82) is 0 Å². The van der Waals surface area contributed by atoms with E-state index in [4.69, 9.17) is 16.3 Å². The molecular formula is C19H18ClN3O2. The predicted octanol–water partition coefficient (Wildman–Crippen LogP) is 4.34. The van der Waals surface area contributed by atoms with Crippen LogP contribution in [0.4, 0.5) is 11.4 Å². The lowest BCUT2D eigenvalue weighted by atomic mass is 10.2. The predicted molar refractivity (Wildman–Crippen MR) is 101 cm³/mol. The number of nitrogens with one attached hydrogen (secondary N) is 2. The Morgan fingerprint density at radius 2 is 2.00 bits per heavy atom. The number of carbonyl (C=O) groups is 1. The molecule has 0 fully saturated rings. The number of rotatable bonds is 6. The number of pyridine rings is 1. The third kappa shape index (κ3) is 4.19. The molecule has 0 radical (unpaired) electrons. The first-order chi connectivity index (χ1) is 12.2. The molecule has 128 valence electrons. The molecule has 1 amide bonds. The van der Waals surface area contributed by atoms with Crippen LogP contribution in [0.2, 0.25) is 5.02 Å². The summed E-state index contributed by atoms with van der Waals surface area (Å²) >= 11 is 6.00. The first-order valence-electron chi connectivity index (χ1n) is 7.88. The van der Waals surface area contributed by atoms with Crippen LogP contribution in [0.25, 0.3) is 10.9 Å². The average Bonchev–Trinajstić information content (AvgIpc) is 2.62. The fourth-order valence-electron chi connectivity index (χ4n) is 2.55. The van der Waals surface area contributed by atoms with E-state index in [2.05, 4.69) is 15.6 Å². The third-order valence-corrected chi connectivity index (χ3v) is 3.97. The molecule has 3 aromatic rings. The number of halogens is 1. The van der Waals surface area contributed by atoms with Gasteiger partial charge in [-0.15, -0.1) is 0 Å². The second kappa shape index (κ2) is 7.85. The molecule has 6 heteroatoms. The summed E-state index contributed by atoms with van der Waals surface area (Å²) in [6.45, 7) is 0.459. The van der Waals surface area contributed by atoms with Crippen molar-refractivity contribution in [2.24, 2.45) is 0 Å². The van der Waals surface area contributed by atoms with Crippen molar-refractivity contribution in [1.82, 2.24) is 4.98 Å². The monoisotopic (exact) mass is 355 g/mol. The minimum atomic E-state index is -0.0911. The number of amides is 1. The average molecular weight is 356 g/mol. The Morgan fingerprint density at radius 3 is 2.84 bits per heavy atom. The van der Waals surface area contributed by atoms with E-state index < -0.39 is 0 Å². The van der Waals surface area contributed by atoms with Crippen molar-refractivity contribution in [3.05, 3.63) is 59.8 Å². The summed E-state index contributed by atoms with van der Waals surface area (Å²) in [5.74, 6) is 0.592. The summed E-state index contributed by atoms with van der Waals surface area (Å²) in [6.07, 6.45) is 2.02. The van der Waals surface area contributed by atoms with E-state index in [1.807, 2.05) is 30.3 Å². The number of hydrogen-bond donors (Lipinski definition) is 2. The number of ether oxygens (including phenoxy) is 1. The van der Waals surface area contributed by atoms with Crippen LogP contribution in [0.5, 0.6) is 5.75 Å². The molecule has 0 bridgehead atoms. The number of fused-ring (bicyclic) bond motifs is 1. The van der Waals surface area contributed by atoms with Gasteiger partial charge in [-0.3, -0.25) is 9.78 Å². The minimum absolute atomic E-state index is 0.0911. The largest absolute Gasteiger partial charge is 0.495 e. The van der Waals surface area contributed by atoms with Gasteiger partial charge in [-0.25, -0.2) is 0 Å². The Labute approximate surface area is 151 Å². The maximum Gasteiger partial charge on any atom is 0.226 e. The van der Waals surface area contributed by atoms with Gasteiger partial charge in [0.1, 0.15) is 5.75 Å². The lowest BCUT2D eigenvalue weighted by Gasteiger charge is -2.12. The number of methoxy groups -OCH3 is 1. The second-order valence-electron chi connectivity index (χ2n) is 5.45. The van der Waals surface area contributed by atoms with E-state index in [0.717, 1.165) is 16.6 Å². The van der Waals surface area contributed by atoms with Gasteiger partial charge in [-0.05, 0) is 30.3 Å². The molecule has 0 saturated carbocycles. The van der Waals surface area contributed by atoms with Crippen molar-refractivity contribution in [3.63, 3.8) is 0 Å². The zero-order chi connectivity index (χ0) is 17.6. The van der Waals surface area contributed by atoms with E-state index in [0.29, 0.717) is 29.4 Å². The highest BCUT2D eigenvalue weighted by Crippen LogP contribution is 2.27. The molecule has 25 heavy (non-hydrogen) atoms. The Morgan fingerprint density at radius 1 is 1.16 bits per heavy atom. The highest BCUT2D eigenvalue weighted by molar-refractivity contribution is 6.30. The maximum atomic E-state index is 12.2. The summed E-state index contributed by atoms with van der Waals surface area (Å²) in [5, 5.41) is 7.68. The molecule has 0 atom stereocenters. The van der Waals surface area contributed by atoms with E-state index in [1.54, 1.807) is 31.5 Å². The fourth-order valence-corrected chi connectivity index (χ4v) is 2.72. The number of anilines is 2. The number of aromatic nitrogens is 1. The molecule has 0 unspecified atom stereocenters. The van der Waals surface area contributed by atoms with E-state index >= 15 is 0 Å². The SMILES string of the molecule is COc1ccc(Cl)cc1NCCC(=O)Nc1cccc2cccnc12. The number of hydrogen-bond acceptors (Lipinski definition) is 4. The van der Waals surface area contributed by atoms with Crippen molar-refractivity contribution in [3.8, 4) is 5.75 Å². The Bertz CT molecular complexity index is 893. The minimum Gasteiger partial charge on any atom is -0.495 e. The van der Waals surface area contributed by atoms with Crippen molar-refractivity contribution in [2.75, 3.05) is 24.3 Å². The smallest absolute Gasteiger partial charge is 0.226 e. The summed E-state index contributed by atoms with van der Waals surface area (Å²) in [4.78, 5) is 16.6. The molecule has 0 aliphatic heterocycles. The number of carbonyl (C=O) groups excluding carboxylic acids is 1. The van der Waals surface area contributed by atoms with Crippen molar-refractivity contribution >= 4 is 39.8 Å². The molecule has 1 aromatic heterocycles. The lowest BCUT2D eigenvalue weighted by Crippen LogP contribution is -2.16. The van der Waals surface area contributed by atoms with Gasteiger partial charge in [-0.1, -0.05) is 29.8 Å². The van der Waals surface area contributed by atoms with Gasteiger partial charge in [0.15, 0.2) is 0 Å². The van der Waals surface area contributed by atoms with Crippen LogP contribution in [0, 0.1) is 0 Å². The Kier molecular flexibility index (Phi) is 5.36. The van der Waals surface area contributed by atoms with Crippen LogP contribution in [0.15, 0.2) is 54.7 Å². The Hall–Kier alpha value is -2.79. The van der Waals surface area contributed by atoms with Crippen LogP contribution >= 0.6 is 11.6 Å². The maximum absolute atomic E-state index is 12.2. The molecular weight excluding hydrogens is 338 g/mol. The van der Waals surface area contributed by atoms with Crippen LogP contribution in [-0.2, 0) is 4.79 Å². The van der Waals surface area contributed by atoms with Gasteiger partial charge in [0, 0.05) is 29.6 Å². The fraction of sp³-hybridized carbons (Fsp3) is 0.158. The van der Waals surface area contributed by atoms with E-state index in [1.165, 1.54) is 0 Å². The second-order valence-corrected chi connectivity index (χ2v) is 5.89. The standard InChI is InChI=1S/C19H18ClN3O2/c1-25-17-8-7-14(20)12-16(17)21-11-9-18(24)23-15-6-2-4-13-5-3-10-22-19(13)15/h2-8,10,12,21H,9,11H2,1H3,(H,23,24). The number of benzene rings is 2. The highest BCUT2D eigenvalue weighted by atomic mass is 35.5. The number of para-hydroxylation sites is 1. The highest BCUT2D eigenvalue weighted by Gasteiger charge is 2.08. The molecule has 2 aromatic carbocycles. The molecule has 3 rings (SSSR count). The number of nitrogens with zero attached hydrogens (tertiary/aromatic N) is 1. The first-order valence-corrected chi connectivity index (χ1v) is 8.26. The van der Waals surface area contributed by atoms with E-state index in [9.17, 15) is 4.79 Å². The van der Waals surface area contributed by atoms with Crippen molar-refractivity contribution < 1.29 is 9.53 Å². The molecule has 0 spiro atoms.